The van der Waals surface area contributed by atoms with Gasteiger partial charge in [-0.05, 0) is 56.1 Å². The third-order valence-electron chi connectivity index (χ3n) is 4.50. The molecular formula is C20H21FN2O. The van der Waals surface area contributed by atoms with E-state index < -0.39 is 0 Å². The summed E-state index contributed by atoms with van der Waals surface area (Å²) in [4.78, 5) is 2.31. The van der Waals surface area contributed by atoms with Gasteiger partial charge in [-0.3, -0.25) is 4.90 Å². The molecule has 0 bridgehead atoms. The van der Waals surface area contributed by atoms with Gasteiger partial charge in [0.1, 0.15) is 11.6 Å². The van der Waals surface area contributed by atoms with Crippen molar-refractivity contribution in [2.75, 3.05) is 13.2 Å². The molecule has 1 aliphatic rings. The first-order chi connectivity index (χ1) is 11.7. The second kappa shape index (κ2) is 7.46. The van der Waals surface area contributed by atoms with E-state index in [4.69, 9.17) is 10.00 Å². The maximum absolute atomic E-state index is 14.2. The summed E-state index contributed by atoms with van der Waals surface area (Å²) in [6, 6.07) is 15.2. The fraction of sp³-hybridized carbons (Fsp3) is 0.350. The predicted molar refractivity (Wildman–Crippen MR) is 91.1 cm³/mol. The van der Waals surface area contributed by atoms with E-state index >= 15 is 0 Å². The van der Waals surface area contributed by atoms with Gasteiger partial charge >= 0.3 is 0 Å². The van der Waals surface area contributed by atoms with Crippen LogP contribution >= 0.6 is 0 Å². The van der Waals surface area contributed by atoms with Crippen molar-refractivity contribution in [2.24, 2.45) is 0 Å². The Balaban J connectivity index is 1.75. The fourth-order valence-electron chi connectivity index (χ4n) is 3.31. The van der Waals surface area contributed by atoms with Crippen molar-refractivity contribution >= 4 is 0 Å². The lowest BCUT2D eigenvalue weighted by Gasteiger charge is -2.25. The summed E-state index contributed by atoms with van der Waals surface area (Å²) in [7, 11) is 0. The van der Waals surface area contributed by atoms with Crippen molar-refractivity contribution in [3.63, 3.8) is 0 Å². The molecule has 1 aliphatic heterocycles. The summed E-state index contributed by atoms with van der Waals surface area (Å²) >= 11 is 0. The standard InChI is InChI=1S/C20H21FN2O/c1-2-24-18-9-7-16(8-10-18)20-4-3-11-23(20)14-17-6-5-15(13-22)12-19(17)21/h5-10,12,20H,2-4,11,14H2,1H3/t20-/m1/s1. The second-order valence-corrected chi connectivity index (χ2v) is 6.05. The molecular weight excluding hydrogens is 303 g/mol. The maximum atomic E-state index is 14.2. The number of halogens is 1. The Morgan fingerprint density at radius 2 is 2.04 bits per heavy atom. The van der Waals surface area contributed by atoms with Crippen LogP contribution in [0.4, 0.5) is 4.39 Å². The third-order valence-corrected chi connectivity index (χ3v) is 4.50. The van der Waals surface area contributed by atoms with Crippen LogP contribution in [0, 0.1) is 17.1 Å². The van der Waals surface area contributed by atoms with Gasteiger partial charge in [-0.2, -0.15) is 5.26 Å². The number of nitrogens with zero attached hydrogens (tertiary/aromatic N) is 2. The molecule has 0 spiro atoms. The molecule has 1 atom stereocenters. The van der Waals surface area contributed by atoms with E-state index in [0.717, 1.165) is 25.1 Å². The molecule has 24 heavy (non-hydrogen) atoms. The molecule has 4 heteroatoms. The van der Waals surface area contributed by atoms with Crippen LogP contribution in [0.3, 0.4) is 0 Å². The highest BCUT2D eigenvalue weighted by Crippen LogP contribution is 2.34. The Morgan fingerprint density at radius 1 is 1.25 bits per heavy atom. The smallest absolute Gasteiger partial charge is 0.129 e. The monoisotopic (exact) mass is 324 g/mol. The zero-order valence-corrected chi connectivity index (χ0v) is 13.8. The van der Waals surface area contributed by atoms with E-state index in [0.29, 0.717) is 30.3 Å². The zero-order chi connectivity index (χ0) is 16.9. The minimum atomic E-state index is -0.300. The number of likely N-dealkylation sites (tertiary alicyclic amines) is 1. The average molecular weight is 324 g/mol. The summed E-state index contributed by atoms with van der Waals surface area (Å²) in [6.07, 6.45) is 2.18. The molecule has 0 unspecified atom stereocenters. The van der Waals surface area contributed by atoms with Gasteiger partial charge in [0.2, 0.25) is 0 Å². The number of rotatable bonds is 5. The number of hydrogen-bond acceptors (Lipinski definition) is 3. The Labute approximate surface area is 142 Å². The summed E-state index contributed by atoms with van der Waals surface area (Å²) in [5, 5.41) is 8.85. The second-order valence-electron chi connectivity index (χ2n) is 6.05. The molecule has 0 radical (unpaired) electrons. The molecule has 2 aromatic rings. The fourth-order valence-corrected chi connectivity index (χ4v) is 3.31. The van der Waals surface area contributed by atoms with Gasteiger partial charge in [-0.25, -0.2) is 4.39 Å². The SMILES string of the molecule is CCOc1ccc([C@H]2CCCN2Cc2ccc(C#N)cc2F)cc1. The Bertz CT molecular complexity index is 736. The molecule has 2 aromatic carbocycles. The number of nitriles is 1. The molecule has 0 aliphatic carbocycles. The quantitative estimate of drug-likeness (QED) is 0.816. The lowest BCUT2D eigenvalue weighted by Crippen LogP contribution is -2.23. The first-order valence-electron chi connectivity index (χ1n) is 8.36. The largest absolute Gasteiger partial charge is 0.494 e. The van der Waals surface area contributed by atoms with Crippen molar-refractivity contribution in [3.8, 4) is 11.8 Å². The van der Waals surface area contributed by atoms with Gasteiger partial charge < -0.3 is 4.74 Å². The first kappa shape index (κ1) is 16.5. The van der Waals surface area contributed by atoms with Crippen molar-refractivity contribution in [3.05, 3.63) is 65.0 Å². The van der Waals surface area contributed by atoms with Gasteiger partial charge in [0.15, 0.2) is 0 Å². The van der Waals surface area contributed by atoms with Gasteiger partial charge in [-0.1, -0.05) is 18.2 Å². The third kappa shape index (κ3) is 3.58. The minimum absolute atomic E-state index is 0.300. The maximum Gasteiger partial charge on any atom is 0.129 e. The normalized spacial score (nSPS) is 17.6. The Hall–Kier alpha value is -2.38. The van der Waals surface area contributed by atoms with E-state index in [-0.39, 0.29) is 5.82 Å². The summed E-state index contributed by atoms with van der Waals surface area (Å²) in [5.41, 5.74) is 2.25. The molecule has 0 aromatic heterocycles. The molecule has 1 heterocycles. The van der Waals surface area contributed by atoms with Crippen LogP contribution in [-0.4, -0.2) is 18.1 Å². The first-order valence-corrected chi connectivity index (χ1v) is 8.36. The minimum Gasteiger partial charge on any atom is -0.494 e. The average Bonchev–Trinajstić information content (AvgIpc) is 3.06. The van der Waals surface area contributed by atoms with Crippen LogP contribution in [-0.2, 0) is 6.54 Å². The number of hydrogen-bond donors (Lipinski definition) is 0. The summed E-state index contributed by atoms with van der Waals surface area (Å²) < 4.78 is 19.7. The Morgan fingerprint density at radius 3 is 2.71 bits per heavy atom. The van der Waals surface area contributed by atoms with E-state index in [2.05, 4.69) is 17.0 Å². The Kier molecular flexibility index (Phi) is 5.12. The van der Waals surface area contributed by atoms with E-state index in [9.17, 15) is 4.39 Å². The number of ether oxygens (including phenoxy) is 1. The van der Waals surface area contributed by atoms with E-state index in [1.807, 2.05) is 25.1 Å². The van der Waals surface area contributed by atoms with Crippen molar-refractivity contribution in [1.29, 1.82) is 5.26 Å². The van der Waals surface area contributed by atoms with Crippen LogP contribution in [0.1, 0.15) is 42.5 Å². The highest BCUT2D eigenvalue weighted by Gasteiger charge is 2.26. The lowest BCUT2D eigenvalue weighted by atomic mass is 10.0. The van der Waals surface area contributed by atoms with E-state index in [1.165, 1.54) is 11.6 Å². The van der Waals surface area contributed by atoms with Crippen LogP contribution in [0.5, 0.6) is 5.75 Å². The van der Waals surface area contributed by atoms with Crippen molar-refractivity contribution in [1.82, 2.24) is 4.90 Å². The predicted octanol–water partition coefficient (Wildman–Crippen LogP) is 4.43. The van der Waals surface area contributed by atoms with Crippen LogP contribution < -0.4 is 4.74 Å². The highest BCUT2D eigenvalue weighted by atomic mass is 19.1. The molecule has 0 amide bonds. The molecule has 0 N–H and O–H groups in total. The van der Waals surface area contributed by atoms with Crippen molar-refractivity contribution in [2.45, 2.75) is 32.4 Å². The van der Waals surface area contributed by atoms with Crippen LogP contribution in [0.15, 0.2) is 42.5 Å². The highest BCUT2D eigenvalue weighted by molar-refractivity contribution is 5.33. The van der Waals surface area contributed by atoms with Gasteiger partial charge in [0, 0.05) is 18.2 Å². The summed E-state index contributed by atoms with van der Waals surface area (Å²) in [5.74, 6) is 0.579. The van der Waals surface area contributed by atoms with Gasteiger partial charge in [0.05, 0.1) is 18.2 Å². The molecule has 1 fully saturated rings. The van der Waals surface area contributed by atoms with Crippen LogP contribution in [0.2, 0.25) is 0 Å². The zero-order valence-electron chi connectivity index (χ0n) is 13.8. The topological polar surface area (TPSA) is 36.3 Å². The van der Waals surface area contributed by atoms with Gasteiger partial charge in [-0.15, -0.1) is 0 Å². The lowest BCUT2D eigenvalue weighted by molar-refractivity contribution is 0.245. The molecule has 3 rings (SSSR count). The molecule has 0 saturated carbocycles. The molecule has 124 valence electrons. The molecule has 1 saturated heterocycles. The van der Waals surface area contributed by atoms with Crippen molar-refractivity contribution < 1.29 is 9.13 Å². The number of benzene rings is 2. The van der Waals surface area contributed by atoms with Gasteiger partial charge in [0.25, 0.3) is 0 Å². The van der Waals surface area contributed by atoms with E-state index in [1.54, 1.807) is 12.1 Å². The van der Waals surface area contributed by atoms with Crippen LogP contribution in [0.25, 0.3) is 0 Å². The summed E-state index contributed by atoms with van der Waals surface area (Å²) in [6.45, 7) is 4.15. The molecule has 3 nitrogen and oxygen atoms in total.